The van der Waals surface area contributed by atoms with Gasteiger partial charge in [-0.05, 0) is 18.2 Å². The summed E-state index contributed by atoms with van der Waals surface area (Å²) in [5.41, 5.74) is 1.53. The molecule has 1 unspecified atom stereocenters. The summed E-state index contributed by atoms with van der Waals surface area (Å²) in [6.07, 6.45) is -0.385. The fourth-order valence-corrected chi connectivity index (χ4v) is 3.30. The number of halogens is 1. The number of rotatable bonds is 2. The van der Waals surface area contributed by atoms with E-state index < -0.39 is 0 Å². The van der Waals surface area contributed by atoms with Crippen molar-refractivity contribution < 1.29 is 14.3 Å². The van der Waals surface area contributed by atoms with Crippen LogP contribution in [-0.2, 0) is 9.53 Å². The lowest BCUT2D eigenvalue weighted by atomic mass is 10.2. The summed E-state index contributed by atoms with van der Waals surface area (Å²) in [5, 5.41) is 2.82. The minimum atomic E-state index is -0.323. The molecule has 1 aromatic rings. The molecule has 19 heavy (non-hydrogen) atoms. The van der Waals surface area contributed by atoms with Crippen molar-refractivity contribution >= 4 is 57.7 Å². The molecular formula is C12H11IN2O3S. The van der Waals surface area contributed by atoms with Crippen molar-refractivity contribution in [3.63, 3.8) is 0 Å². The number of thioether (sulfide) groups is 1. The van der Waals surface area contributed by atoms with Gasteiger partial charge in [0.1, 0.15) is 6.10 Å². The van der Waals surface area contributed by atoms with E-state index in [4.69, 9.17) is 4.74 Å². The van der Waals surface area contributed by atoms with E-state index in [2.05, 4.69) is 27.9 Å². The molecule has 0 radical (unpaired) electrons. The molecule has 7 heteroatoms. The molecule has 0 spiro atoms. The van der Waals surface area contributed by atoms with Crippen LogP contribution >= 0.6 is 34.4 Å². The summed E-state index contributed by atoms with van der Waals surface area (Å²) in [5.74, 6) is 0.429. The highest BCUT2D eigenvalue weighted by Crippen LogP contribution is 2.35. The summed E-state index contributed by atoms with van der Waals surface area (Å²) in [6.45, 7) is 0.557. The average molecular weight is 390 g/mol. The molecule has 1 saturated heterocycles. The minimum Gasteiger partial charge on any atom is -0.443 e. The van der Waals surface area contributed by atoms with Crippen molar-refractivity contribution in [3.05, 3.63) is 18.2 Å². The van der Waals surface area contributed by atoms with Gasteiger partial charge in [0, 0.05) is 15.0 Å². The molecule has 100 valence electrons. The maximum absolute atomic E-state index is 11.8. The second-order valence-electron chi connectivity index (χ2n) is 4.29. The maximum atomic E-state index is 11.8. The number of hydrogen-bond acceptors (Lipinski definition) is 4. The molecule has 2 amide bonds. The number of nitrogens with zero attached hydrogens (tertiary/aromatic N) is 1. The van der Waals surface area contributed by atoms with Crippen LogP contribution < -0.4 is 10.2 Å². The lowest BCUT2D eigenvalue weighted by molar-refractivity contribution is -0.113. The monoisotopic (exact) mass is 390 g/mol. The molecule has 2 aliphatic rings. The first-order valence-electron chi connectivity index (χ1n) is 5.78. The Morgan fingerprint density at radius 2 is 2.32 bits per heavy atom. The number of nitrogens with one attached hydrogen (secondary N) is 1. The predicted molar refractivity (Wildman–Crippen MR) is 82.3 cm³/mol. The Bertz CT molecular complexity index is 552. The van der Waals surface area contributed by atoms with Gasteiger partial charge >= 0.3 is 6.09 Å². The third kappa shape index (κ3) is 2.53. The van der Waals surface area contributed by atoms with Crippen LogP contribution in [0.4, 0.5) is 16.2 Å². The Hall–Kier alpha value is -0.960. The number of fused-ring (bicyclic) bond motifs is 1. The summed E-state index contributed by atoms with van der Waals surface area (Å²) in [7, 11) is 0. The van der Waals surface area contributed by atoms with Crippen LogP contribution in [0.5, 0.6) is 0 Å². The molecule has 1 atom stereocenters. The molecule has 0 saturated carbocycles. The van der Waals surface area contributed by atoms with E-state index >= 15 is 0 Å². The fraction of sp³-hybridized carbons (Fsp3) is 0.333. The maximum Gasteiger partial charge on any atom is 0.414 e. The smallest absolute Gasteiger partial charge is 0.414 e. The Labute approximate surface area is 128 Å². The highest BCUT2D eigenvalue weighted by molar-refractivity contribution is 14.1. The Kier molecular flexibility index (Phi) is 3.57. The zero-order chi connectivity index (χ0) is 13.4. The minimum absolute atomic E-state index is 0.0104. The summed E-state index contributed by atoms with van der Waals surface area (Å²) in [6, 6.07) is 5.65. The lowest BCUT2D eigenvalue weighted by Gasteiger charge is -2.19. The van der Waals surface area contributed by atoms with Gasteiger partial charge in [0.2, 0.25) is 5.91 Å². The number of carbonyl (C=O) groups excluding carboxylic acids is 2. The van der Waals surface area contributed by atoms with Crippen molar-refractivity contribution in [1.82, 2.24) is 0 Å². The molecule has 1 aromatic carbocycles. The molecule has 0 bridgehead atoms. The van der Waals surface area contributed by atoms with Crippen LogP contribution in [0.25, 0.3) is 0 Å². The Balaban J connectivity index is 1.88. The van der Waals surface area contributed by atoms with Gasteiger partial charge in [0.15, 0.2) is 0 Å². The third-order valence-electron chi connectivity index (χ3n) is 2.95. The first-order chi connectivity index (χ1) is 9.17. The molecule has 5 nitrogen and oxygen atoms in total. The van der Waals surface area contributed by atoms with Gasteiger partial charge < -0.3 is 10.1 Å². The van der Waals surface area contributed by atoms with Gasteiger partial charge in [-0.3, -0.25) is 9.69 Å². The van der Waals surface area contributed by atoms with E-state index in [1.807, 2.05) is 18.2 Å². The topological polar surface area (TPSA) is 58.6 Å². The highest BCUT2D eigenvalue weighted by Gasteiger charge is 2.32. The molecule has 0 aliphatic carbocycles. The number of amides is 2. The molecule has 2 aliphatic heterocycles. The highest BCUT2D eigenvalue weighted by atomic mass is 127. The summed E-state index contributed by atoms with van der Waals surface area (Å²) >= 11 is 3.71. The molecule has 3 rings (SSSR count). The van der Waals surface area contributed by atoms with Crippen molar-refractivity contribution in [2.75, 3.05) is 26.9 Å². The number of carbonyl (C=O) groups is 2. The fourth-order valence-electron chi connectivity index (χ4n) is 2.05. The van der Waals surface area contributed by atoms with Crippen LogP contribution in [0, 0.1) is 0 Å². The van der Waals surface area contributed by atoms with Crippen molar-refractivity contribution in [3.8, 4) is 0 Å². The van der Waals surface area contributed by atoms with E-state index in [9.17, 15) is 9.59 Å². The molecule has 0 aromatic heterocycles. The standard InChI is InChI=1S/C12H11IN2O3S/c13-4-8-5-15(12(17)18-8)7-1-2-10-9(3-7)14-11(16)6-19-10/h1-3,8H,4-6H2,(H,14,16). The first-order valence-corrected chi connectivity index (χ1v) is 8.29. The molecule has 1 fully saturated rings. The second-order valence-corrected chi connectivity index (χ2v) is 6.19. The first kappa shape index (κ1) is 13.0. The summed E-state index contributed by atoms with van der Waals surface area (Å²) in [4.78, 5) is 25.8. The van der Waals surface area contributed by atoms with Gasteiger partial charge in [-0.25, -0.2) is 4.79 Å². The van der Waals surface area contributed by atoms with E-state index in [1.165, 1.54) is 11.8 Å². The molecule has 2 heterocycles. The quantitative estimate of drug-likeness (QED) is 0.623. The number of cyclic esters (lactones) is 1. The molecular weight excluding hydrogens is 379 g/mol. The van der Waals surface area contributed by atoms with Crippen molar-refractivity contribution in [2.24, 2.45) is 0 Å². The van der Waals surface area contributed by atoms with Gasteiger partial charge in [0.05, 0.1) is 18.0 Å². The van der Waals surface area contributed by atoms with Gasteiger partial charge in [-0.15, -0.1) is 11.8 Å². The zero-order valence-electron chi connectivity index (χ0n) is 9.89. The van der Waals surface area contributed by atoms with E-state index in [-0.39, 0.29) is 18.1 Å². The van der Waals surface area contributed by atoms with Gasteiger partial charge in [-0.2, -0.15) is 0 Å². The number of benzene rings is 1. The average Bonchev–Trinajstić information content (AvgIpc) is 2.79. The zero-order valence-corrected chi connectivity index (χ0v) is 12.9. The van der Waals surface area contributed by atoms with Crippen LogP contribution in [0.15, 0.2) is 23.1 Å². The lowest BCUT2D eigenvalue weighted by Crippen LogP contribution is -2.25. The van der Waals surface area contributed by atoms with E-state index in [0.717, 1.165) is 20.7 Å². The normalized spacial score (nSPS) is 21.9. The number of alkyl halides is 1. The predicted octanol–water partition coefficient (Wildman–Crippen LogP) is 2.49. The largest absolute Gasteiger partial charge is 0.443 e. The Morgan fingerprint density at radius 3 is 3.05 bits per heavy atom. The van der Waals surface area contributed by atoms with E-state index in [1.54, 1.807) is 4.90 Å². The number of anilines is 2. The number of ether oxygens (including phenoxy) is 1. The third-order valence-corrected chi connectivity index (χ3v) is 5.01. The van der Waals surface area contributed by atoms with E-state index in [0.29, 0.717) is 12.3 Å². The second kappa shape index (κ2) is 5.20. The van der Waals surface area contributed by atoms with Crippen molar-refractivity contribution in [2.45, 2.75) is 11.0 Å². The van der Waals surface area contributed by atoms with Crippen LogP contribution in [0.3, 0.4) is 0 Å². The van der Waals surface area contributed by atoms with Crippen LogP contribution in [0.2, 0.25) is 0 Å². The molecule has 1 N–H and O–H groups in total. The Morgan fingerprint density at radius 1 is 1.47 bits per heavy atom. The van der Waals surface area contributed by atoms with Crippen LogP contribution in [-0.4, -0.2) is 34.8 Å². The van der Waals surface area contributed by atoms with Crippen molar-refractivity contribution in [1.29, 1.82) is 0 Å². The van der Waals surface area contributed by atoms with Gasteiger partial charge in [-0.1, -0.05) is 22.6 Å². The van der Waals surface area contributed by atoms with Crippen LogP contribution in [0.1, 0.15) is 0 Å². The summed E-state index contributed by atoms with van der Waals surface area (Å²) < 4.78 is 6.00. The SMILES string of the molecule is O=C1CSc2ccc(N3CC(CI)OC3=O)cc2N1. The number of hydrogen-bond donors (Lipinski definition) is 1. The van der Waals surface area contributed by atoms with Gasteiger partial charge in [0.25, 0.3) is 0 Å².